The van der Waals surface area contributed by atoms with Gasteiger partial charge in [0, 0.05) is 30.4 Å². The molecule has 1 unspecified atom stereocenters. The van der Waals surface area contributed by atoms with E-state index in [1.165, 1.54) is 12.1 Å². The molecule has 1 atom stereocenters. The highest BCUT2D eigenvalue weighted by atomic mass is 19.1. The Labute approximate surface area is 145 Å². The zero-order chi connectivity index (χ0) is 17.8. The van der Waals surface area contributed by atoms with E-state index in [0.717, 1.165) is 25.9 Å². The summed E-state index contributed by atoms with van der Waals surface area (Å²) in [6.45, 7) is 3.93. The minimum atomic E-state index is -1.07. The molecule has 7 heteroatoms. The lowest BCUT2D eigenvalue weighted by Gasteiger charge is -2.33. The molecule has 0 aliphatic carbocycles. The molecule has 2 heterocycles. The second-order valence-corrected chi connectivity index (χ2v) is 6.33. The molecule has 1 saturated heterocycles. The van der Waals surface area contributed by atoms with Crippen molar-refractivity contribution in [2.24, 2.45) is 0 Å². The maximum absolute atomic E-state index is 13.8. The van der Waals surface area contributed by atoms with E-state index >= 15 is 0 Å². The van der Waals surface area contributed by atoms with Crippen molar-refractivity contribution in [3.8, 4) is 0 Å². The third-order valence-electron chi connectivity index (χ3n) is 4.26. The summed E-state index contributed by atoms with van der Waals surface area (Å²) < 4.78 is 13.8. The first-order valence-electron chi connectivity index (χ1n) is 8.32. The van der Waals surface area contributed by atoms with Crippen molar-refractivity contribution in [2.75, 3.05) is 18.4 Å². The Bertz CT molecular complexity index is 768. The van der Waals surface area contributed by atoms with Crippen molar-refractivity contribution < 1.29 is 14.3 Å². The highest BCUT2D eigenvalue weighted by molar-refractivity contribution is 5.85. The molecule has 2 N–H and O–H groups in total. The van der Waals surface area contributed by atoms with Crippen molar-refractivity contribution in [2.45, 2.75) is 32.4 Å². The fraction of sp³-hybridized carbons (Fsp3) is 0.389. The molecule has 3 rings (SSSR count). The number of nitrogens with one attached hydrogen (secondary N) is 1. The van der Waals surface area contributed by atoms with E-state index in [1.54, 1.807) is 19.1 Å². The van der Waals surface area contributed by atoms with Crippen molar-refractivity contribution in [3.05, 3.63) is 53.1 Å². The highest BCUT2D eigenvalue weighted by Crippen LogP contribution is 2.18. The van der Waals surface area contributed by atoms with Gasteiger partial charge < -0.3 is 10.4 Å². The molecule has 0 amide bonds. The molecule has 25 heavy (non-hydrogen) atoms. The molecule has 0 spiro atoms. The standard InChI is InChI=1S/C18H21FN4O2/c1-12-9-16(17(24)25)22-18(20-12)21-14-6-4-8-23(11-14)10-13-5-2-3-7-15(13)19/h2-3,5,7,9,14H,4,6,8,10-11H2,1H3,(H,24,25)(H,20,21,22). The number of carboxylic acids is 1. The van der Waals surface area contributed by atoms with Gasteiger partial charge in [0.2, 0.25) is 5.95 Å². The van der Waals surface area contributed by atoms with E-state index < -0.39 is 5.97 Å². The van der Waals surface area contributed by atoms with Crippen molar-refractivity contribution in [1.29, 1.82) is 0 Å². The van der Waals surface area contributed by atoms with Gasteiger partial charge in [-0.2, -0.15) is 0 Å². The van der Waals surface area contributed by atoms with Crippen LogP contribution < -0.4 is 5.32 Å². The Morgan fingerprint density at radius 3 is 2.96 bits per heavy atom. The topological polar surface area (TPSA) is 78.3 Å². The molecule has 132 valence electrons. The molecular formula is C18H21FN4O2. The number of aromatic nitrogens is 2. The Kier molecular flexibility index (Phi) is 5.23. The van der Waals surface area contributed by atoms with Crippen LogP contribution in [0.3, 0.4) is 0 Å². The summed E-state index contributed by atoms with van der Waals surface area (Å²) in [5, 5.41) is 12.3. The molecule has 6 nitrogen and oxygen atoms in total. The number of hydrogen-bond acceptors (Lipinski definition) is 5. The van der Waals surface area contributed by atoms with Gasteiger partial charge in [0.25, 0.3) is 0 Å². The summed E-state index contributed by atoms with van der Waals surface area (Å²) in [7, 11) is 0. The average Bonchev–Trinajstić information content (AvgIpc) is 2.57. The first-order chi connectivity index (χ1) is 12.0. The number of aryl methyl sites for hydroxylation is 1. The van der Waals surface area contributed by atoms with Crippen LogP contribution in [-0.2, 0) is 6.54 Å². The van der Waals surface area contributed by atoms with Crippen molar-refractivity contribution in [1.82, 2.24) is 14.9 Å². The number of halogens is 1. The fourth-order valence-electron chi connectivity index (χ4n) is 3.11. The highest BCUT2D eigenvalue weighted by Gasteiger charge is 2.22. The van der Waals surface area contributed by atoms with Gasteiger partial charge in [0.1, 0.15) is 5.82 Å². The number of hydrogen-bond donors (Lipinski definition) is 2. The van der Waals surface area contributed by atoms with Gasteiger partial charge in [-0.3, -0.25) is 4.90 Å². The molecule has 1 aliphatic heterocycles. The van der Waals surface area contributed by atoms with Crippen molar-refractivity contribution in [3.63, 3.8) is 0 Å². The minimum Gasteiger partial charge on any atom is -0.477 e. The largest absolute Gasteiger partial charge is 0.477 e. The summed E-state index contributed by atoms with van der Waals surface area (Å²) in [5.74, 6) is -0.931. The van der Waals surface area contributed by atoms with Crippen LogP contribution in [0.25, 0.3) is 0 Å². The minimum absolute atomic E-state index is 0.0194. The van der Waals surface area contributed by atoms with Crippen LogP contribution in [0.4, 0.5) is 10.3 Å². The van der Waals surface area contributed by atoms with Gasteiger partial charge in [-0.25, -0.2) is 19.2 Å². The number of likely N-dealkylation sites (tertiary alicyclic amines) is 1. The van der Waals surface area contributed by atoms with Crippen LogP contribution in [0.15, 0.2) is 30.3 Å². The zero-order valence-corrected chi connectivity index (χ0v) is 14.1. The molecule has 0 radical (unpaired) electrons. The van der Waals surface area contributed by atoms with Gasteiger partial charge in [0.05, 0.1) is 0 Å². The third-order valence-corrected chi connectivity index (χ3v) is 4.26. The van der Waals surface area contributed by atoms with E-state index in [4.69, 9.17) is 5.11 Å². The molecular weight excluding hydrogens is 323 g/mol. The monoisotopic (exact) mass is 344 g/mol. The second kappa shape index (κ2) is 7.57. The Balaban J connectivity index is 1.66. The first kappa shape index (κ1) is 17.3. The van der Waals surface area contributed by atoms with Gasteiger partial charge in [-0.05, 0) is 38.4 Å². The Morgan fingerprint density at radius 1 is 1.40 bits per heavy atom. The lowest BCUT2D eigenvalue weighted by molar-refractivity contribution is 0.0690. The normalized spacial score (nSPS) is 18.1. The zero-order valence-electron chi connectivity index (χ0n) is 14.1. The predicted molar refractivity (Wildman–Crippen MR) is 92.1 cm³/mol. The molecule has 2 aromatic rings. The van der Waals surface area contributed by atoms with E-state index in [9.17, 15) is 9.18 Å². The summed E-state index contributed by atoms with van der Waals surface area (Å²) in [5.41, 5.74) is 1.27. The number of nitrogens with zero attached hydrogens (tertiary/aromatic N) is 3. The summed E-state index contributed by atoms with van der Waals surface area (Å²) in [4.78, 5) is 21.6. The van der Waals surface area contributed by atoms with Crippen LogP contribution in [0.2, 0.25) is 0 Å². The van der Waals surface area contributed by atoms with Crippen LogP contribution >= 0.6 is 0 Å². The van der Waals surface area contributed by atoms with Gasteiger partial charge in [0.15, 0.2) is 5.69 Å². The number of carbonyl (C=O) groups is 1. The maximum Gasteiger partial charge on any atom is 0.354 e. The average molecular weight is 344 g/mol. The van der Waals surface area contributed by atoms with Crippen LogP contribution in [0.1, 0.15) is 34.6 Å². The number of rotatable bonds is 5. The summed E-state index contributed by atoms with van der Waals surface area (Å²) in [6, 6.07) is 8.35. The van der Waals surface area contributed by atoms with Gasteiger partial charge in [-0.1, -0.05) is 18.2 Å². The Morgan fingerprint density at radius 2 is 2.20 bits per heavy atom. The molecule has 0 saturated carbocycles. The van der Waals surface area contributed by atoms with Crippen LogP contribution in [0, 0.1) is 12.7 Å². The molecule has 1 aromatic carbocycles. The lowest BCUT2D eigenvalue weighted by Crippen LogP contribution is -2.42. The molecule has 1 aromatic heterocycles. The fourth-order valence-corrected chi connectivity index (χ4v) is 3.11. The summed E-state index contributed by atoms with van der Waals surface area (Å²) in [6.07, 6.45) is 1.91. The quantitative estimate of drug-likeness (QED) is 0.868. The SMILES string of the molecule is Cc1cc(C(=O)O)nc(NC2CCCN(Cc3ccccc3F)C2)n1. The number of carboxylic acid groups (broad SMARTS) is 1. The maximum atomic E-state index is 13.8. The van der Waals surface area contributed by atoms with E-state index in [1.807, 2.05) is 6.07 Å². The number of benzene rings is 1. The van der Waals surface area contributed by atoms with Gasteiger partial charge in [-0.15, -0.1) is 0 Å². The number of aromatic carboxylic acids is 1. The Hall–Kier alpha value is -2.54. The number of piperidine rings is 1. The first-order valence-corrected chi connectivity index (χ1v) is 8.32. The molecule has 0 bridgehead atoms. The van der Waals surface area contributed by atoms with Crippen LogP contribution in [-0.4, -0.2) is 45.1 Å². The second-order valence-electron chi connectivity index (χ2n) is 6.33. The predicted octanol–water partition coefficient (Wildman–Crippen LogP) is 2.70. The van der Waals surface area contributed by atoms with E-state index in [0.29, 0.717) is 23.8 Å². The lowest BCUT2D eigenvalue weighted by atomic mass is 10.0. The number of anilines is 1. The van der Waals surface area contributed by atoms with E-state index in [2.05, 4.69) is 20.2 Å². The molecule has 1 aliphatic rings. The third kappa shape index (κ3) is 4.51. The van der Waals surface area contributed by atoms with Crippen molar-refractivity contribution >= 4 is 11.9 Å². The van der Waals surface area contributed by atoms with E-state index in [-0.39, 0.29) is 17.6 Å². The summed E-state index contributed by atoms with van der Waals surface area (Å²) >= 11 is 0. The van der Waals surface area contributed by atoms with Crippen LogP contribution in [0.5, 0.6) is 0 Å². The smallest absolute Gasteiger partial charge is 0.354 e. The van der Waals surface area contributed by atoms with Gasteiger partial charge >= 0.3 is 5.97 Å². The molecule has 1 fully saturated rings.